The van der Waals surface area contributed by atoms with E-state index in [1.807, 2.05) is 11.0 Å². The van der Waals surface area contributed by atoms with E-state index >= 15 is 0 Å². The number of benzene rings is 1. The lowest BCUT2D eigenvalue weighted by atomic mass is 9.54. The molecular formula is C31H36FN3O2S2. The van der Waals surface area contributed by atoms with Gasteiger partial charge < -0.3 is 14.6 Å². The molecule has 2 aromatic rings. The molecule has 1 aromatic heterocycles. The van der Waals surface area contributed by atoms with Crippen LogP contribution in [0.2, 0.25) is 0 Å². The number of piperazine rings is 1. The second-order valence-corrected chi connectivity index (χ2v) is 13.9. The van der Waals surface area contributed by atoms with Gasteiger partial charge in [-0.3, -0.25) is 9.69 Å². The van der Waals surface area contributed by atoms with Crippen molar-refractivity contribution in [2.45, 2.75) is 51.0 Å². The normalized spacial score (nSPS) is 31.7. The summed E-state index contributed by atoms with van der Waals surface area (Å²) < 4.78 is 20.6. The van der Waals surface area contributed by atoms with Crippen LogP contribution >= 0.6 is 24.0 Å². The fourth-order valence-electron chi connectivity index (χ4n) is 8.12. The number of aryl methyl sites for hydroxylation is 1. The molecule has 1 amide bonds. The van der Waals surface area contributed by atoms with E-state index in [0.717, 1.165) is 74.3 Å². The molecule has 0 spiro atoms. The van der Waals surface area contributed by atoms with Gasteiger partial charge in [-0.05, 0) is 111 Å². The Balaban J connectivity index is 1.14. The van der Waals surface area contributed by atoms with E-state index in [1.54, 1.807) is 12.1 Å². The highest BCUT2D eigenvalue weighted by molar-refractivity contribution is 8.26. The van der Waals surface area contributed by atoms with E-state index < -0.39 is 0 Å². The van der Waals surface area contributed by atoms with Crippen molar-refractivity contribution in [2.75, 3.05) is 32.7 Å². The predicted molar refractivity (Wildman–Crippen MR) is 158 cm³/mol. The molecule has 4 bridgehead atoms. The number of nitrogens with zero attached hydrogens (tertiary/aromatic N) is 2. The number of rotatable bonds is 7. The lowest BCUT2D eigenvalue weighted by molar-refractivity contribution is -0.130. The number of hydrogen-bond donors (Lipinski definition) is 1. The SMILES string of the molecule is O=C1/C(=C/c2oc(-c3ccc(F)cc3)cc2CCCN2CCNCC2)SC(=S)N1C1C2CC3CC(C2)CC1C3. The molecule has 2 saturated heterocycles. The van der Waals surface area contributed by atoms with Crippen LogP contribution in [-0.2, 0) is 11.2 Å². The molecule has 6 fully saturated rings. The largest absolute Gasteiger partial charge is 0.456 e. The summed E-state index contributed by atoms with van der Waals surface area (Å²) in [6, 6.07) is 8.73. The Morgan fingerprint density at radius 1 is 1.05 bits per heavy atom. The van der Waals surface area contributed by atoms with Crippen LogP contribution in [0.4, 0.5) is 4.39 Å². The number of furan rings is 1. The third-order valence-corrected chi connectivity index (χ3v) is 11.0. The average molecular weight is 566 g/mol. The summed E-state index contributed by atoms with van der Waals surface area (Å²) in [4.78, 5) is 19.0. The van der Waals surface area contributed by atoms with Gasteiger partial charge in [-0.1, -0.05) is 24.0 Å². The lowest BCUT2D eigenvalue weighted by Crippen LogP contribution is -2.57. The van der Waals surface area contributed by atoms with Crippen molar-refractivity contribution in [1.29, 1.82) is 0 Å². The summed E-state index contributed by atoms with van der Waals surface area (Å²) in [7, 11) is 0. The van der Waals surface area contributed by atoms with Crippen molar-refractivity contribution in [1.82, 2.24) is 15.1 Å². The van der Waals surface area contributed by atoms with Crippen LogP contribution in [0.3, 0.4) is 0 Å². The van der Waals surface area contributed by atoms with E-state index in [0.29, 0.717) is 26.8 Å². The maximum Gasteiger partial charge on any atom is 0.266 e. The van der Waals surface area contributed by atoms with Crippen LogP contribution in [0.5, 0.6) is 0 Å². The molecular weight excluding hydrogens is 529 g/mol. The van der Waals surface area contributed by atoms with E-state index in [2.05, 4.69) is 16.3 Å². The van der Waals surface area contributed by atoms with Gasteiger partial charge in [0, 0.05) is 43.9 Å². The Hall–Kier alpha value is -2.00. The first kappa shape index (κ1) is 25.9. The minimum Gasteiger partial charge on any atom is -0.456 e. The first-order chi connectivity index (χ1) is 19.0. The molecule has 5 nitrogen and oxygen atoms in total. The molecule has 3 heterocycles. The van der Waals surface area contributed by atoms with E-state index in [4.69, 9.17) is 16.6 Å². The molecule has 8 rings (SSSR count). The van der Waals surface area contributed by atoms with E-state index in [-0.39, 0.29) is 17.8 Å². The highest BCUT2D eigenvalue weighted by Crippen LogP contribution is 2.56. The van der Waals surface area contributed by atoms with E-state index in [9.17, 15) is 9.18 Å². The Bertz CT molecular complexity index is 1260. The van der Waals surface area contributed by atoms with Gasteiger partial charge in [-0.15, -0.1) is 0 Å². The molecule has 6 aliphatic rings. The maximum atomic E-state index is 13.8. The molecule has 0 atom stereocenters. The van der Waals surface area contributed by atoms with Crippen molar-refractivity contribution in [3.8, 4) is 11.3 Å². The Morgan fingerprint density at radius 3 is 2.44 bits per heavy atom. The van der Waals surface area contributed by atoms with Crippen LogP contribution in [0.15, 0.2) is 39.7 Å². The van der Waals surface area contributed by atoms with Crippen molar-refractivity contribution in [3.05, 3.63) is 52.4 Å². The molecule has 2 aliphatic heterocycles. The van der Waals surface area contributed by atoms with Crippen LogP contribution in [0.1, 0.15) is 49.8 Å². The molecule has 1 aromatic carbocycles. The van der Waals surface area contributed by atoms with Crippen molar-refractivity contribution >= 4 is 40.3 Å². The average Bonchev–Trinajstić information content (AvgIpc) is 3.45. The maximum absolute atomic E-state index is 13.8. The number of halogens is 1. The minimum absolute atomic E-state index is 0.0500. The monoisotopic (exact) mass is 565 g/mol. The molecule has 0 unspecified atom stereocenters. The molecule has 4 saturated carbocycles. The molecule has 1 N–H and O–H groups in total. The standard InChI is InChI=1S/C31H36FN3O2S2/c32-25-5-3-21(4-6-25)26-17-22(2-1-9-34-10-7-33-8-11-34)27(37-26)18-28-30(36)35(31(38)39-28)29-23-13-19-12-20(15-23)16-24(29)14-19/h3-6,17-20,23-24,29,33H,1-2,7-16H2/b28-18-. The van der Waals surface area contributed by atoms with Gasteiger partial charge in [0.15, 0.2) is 0 Å². The molecule has 206 valence electrons. The van der Waals surface area contributed by atoms with Crippen molar-refractivity contribution < 1.29 is 13.6 Å². The van der Waals surface area contributed by atoms with Gasteiger partial charge in [0.1, 0.15) is 21.7 Å². The van der Waals surface area contributed by atoms with Gasteiger partial charge in [-0.2, -0.15) is 0 Å². The molecule has 0 radical (unpaired) electrons. The van der Waals surface area contributed by atoms with E-state index in [1.165, 1.54) is 56.0 Å². The van der Waals surface area contributed by atoms with Gasteiger partial charge in [-0.25, -0.2) is 4.39 Å². The topological polar surface area (TPSA) is 48.7 Å². The lowest BCUT2D eigenvalue weighted by Gasteiger charge is -2.56. The summed E-state index contributed by atoms with van der Waals surface area (Å²) in [5, 5.41) is 3.41. The Morgan fingerprint density at radius 2 is 1.74 bits per heavy atom. The fourth-order valence-corrected chi connectivity index (χ4v) is 9.44. The number of carbonyl (C=O) groups is 1. The molecule has 4 aliphatic carbocycles. The molecule has 8 heteroatoms. The second-order valence-electron chi connectivity index (χ2n) is 12.2. The fraction of sp³-hybridized carbons (Fsp3) is 0.548. The number of thiocarbonyl (C=S) groups is 1. The summed E-state index contributed by atoms with van der Waals surface area (Å²) >= 11 is 7.26. The predicted octanol–water partition coefficient (Wildman–Crippen LogP) is 5.95. The van der Waals surface area contributed by atoms with Crippen LogP contribution < -0.4 is 5.32 Å². The summed E-state index contributed by atoms with van der Waals surface area (Å²) in [6.45, 7) is 5.26. The number of carbonyl (C=O) groups excluding carboxylic acids is 1. The minimum atomic E-state index is -0.268. The van der Waals surface area contributed by atoms with Gasteiger partial charge in [0.05, 0.1) is 4.91 Å². The zero-order chi connectivity index (χ0) is 26.5. The molecule has 39 heavy (non-hydrogen) atoms. The van der Waals surface area contributed by atoms with Crippen LogP contribution in [-0.4, -0.2) is 58.8 Å². The highest BCUT2D eigenvalue weighted by atomic mass is 32.2. The Labute approximate surface area is 239 Å². The van der Waals surface area contributed by atoms with Gasteiger partial charge >= 0.3 is 0 Å². The number of nitrogens with one attached hydrogen (secondary N) is 1. The first-order valence-electron chi connectivity index (χ1n) is 14.6. The van der Waals surface area contributed by atoms with Gasteiger partial charge in [0.2, 0.25) is 0 Å². The summed E-state index contributed by atoms with van der Waals surface area (Å²) in [5.41, 5.74) is 1.92. The van der Waals surface area contributed by atoms with Crippen molar-refractivity contribution in [2.24, 2.45) is 23.7 Å². The number of thioether (sulfide) groups is 1. The van der Waals surface area contributed by atoms with Crippen molar-refractivity contribution in [3.63, 3.8) is 0 Å². The highest BCUT2D eigenvalue weighted by Gasteiger charge is 2.53. The number of amides is 1. The van der Waals surface area contributed by atoms with Crippen LogP contribution in [0, 0.1) is 29.5 Å². The first-order valence-corrected chi connectivity index (χ1v) is 15.8. The zero-order valence-electron chi connectivity index (χ0n) is 22.2. The Kier molecular flexibility index (Phi) is 7.16. The smallest absolute Gasteiger partial charge is 0.266 e. The third-order valence-electron chi connectivity index (χ3n) is 9.66. The van der Waals surface area contributed by atoms with Gasteiger partial charge in [0.25, 0.3) is 5.91 Å². The third kappa shape index (κ3) is 5.14. The summed E-state index contributed by atoms with van der Waals surface area (Å²) in [6.07, 6.45) is 10.2. The summed E-state index contributed by atoms with van der Waals surface area (Å²) in [5.74, 6) is 4.11. The number of hydrogen-bond acceptors (Lipinski definition) is 6. The second kappa shape index (κ2) is 10.8. The quantitative estimate of drug-likeness (QED) is 0.331. The zero-order valence-corrected chi connectivity index (χ0v) is 23.9. The van der Waals surface area contributed by atoms with Crippen LogP contribution in [0.25, 0.3) is 17.4 Å².